The average molecular weight is 411 g/mol. The van der Waals surface area contributed by atoms with Gasteiger partial charge in [-0.1, -0.05) is 41.9 Å². The lowest BCUT2D eigenvalue weighted by molar-refractivity contribution is -0.124. The fourth-order valence-electron chi connectivity index (χ4n) is 2.19. The third-order valence-electron chi connectivity index (χ3n) is 3.27. The molecule has 0 aromatic heterocycles. The molecule has 0 unspecified atom stereocenters. The molecule has 128 valence electrons. The van der Waals surface area contributed by atoms with Crippen molar-refractivity contribution in [1.82, 2.24) is 10.2 Å². The highest BCUT2D eigenvalue weighted by Gasteiger charge is 2.34. The SMILES string of the molecule is CC(C)CC(=O)NCCN1C(=O)S/C(=C/c2cccc(Br)c2)C1=O. The summed E-state index contributed by atoms with van der Waals surface area (Å²) in [6, 6.07) is 7.50. The summed E-state index contributed by atoms with van der Waals surface area (Å²) in [6.07, 6.45) is 2.14. The van der Waals surface area contributed by atoms with E-state index in [1.54, 1.807) is 6.08 Å². The van der Waals surface area contributed by atoms with E-state index in [-0.39, 0.29) is 36.1 Å². The number of hydrogen-bond donors (Lipinski definition) is 1. The molecule has 1 aliphatic rings. The first-order valence-corrected chi connectivity index (χ1v) is 9.25. The summed E-state index contributed by atoms with van der Waals surface area (Å²) >= 11 is 4.30. The van der Waals surface area contributed by atoms with Gasteiger partial charge >= 0.3 is 0 Å². The van der Waals surface area contributed by atoms with E-state index >= 15 is 0 Å². The van der Waals surface area contributed by atoms with Crippen molar-refractivity contribution in [3.63, 3.8) is 0 Å². The van der Waals surface area contributed by atoms with Gasteiger partial charge in [-0.3, -0.25) is 19.3 Å². The summed E-state index contributed by atoms with van der Waals surface area (Å²) in [7, 11) is 0. The maximum Gasteiger partial charge on any atom is 0.293 e. The van der Waals surface area contributed by atoms with Crippen molar-refractivity contribution in [1.29, 1.82) is 0 Å². The number of imide groups is 1. The van der Waals surface area contributed by atoms with Crippen molar-refractivity contribution in [2.24, 2.45) is 5.92 Å². The summed E-state index contributed by atoms with van der Waals surface area (Å²) in [6.45, 7) is 4.38. The molecule has 1 fully saturated rings. The Balaban J connectivity index is 1.95. The second kappa shape index (κ2) is 8.48. The lowest BCUT2D eigenvalue weighted by Gasteiger charge is -2.13. The summed E-state index contributed by atoms with van der Waals surface area (Å²) < 4.78 is 0.906. The number of rotatable bonds is 6. The van der Waals surface area contributed by atoms with E-state index in [9.17, 15) is 14.4 Å². The van der Waals surface area contributed by atoms with Crippen LogP contribution < -0.4 is 5.32 Å². The summed E-state index contributed by atoms with van der Waals surface area (Å²) in [5, 5.41) is 2.43. The molecular weight excluding hydrogens is 392 g/mol. The van der Waals surface area contributed by atoms with Crippen LogP contribution in [0.4, 0.5) is 4.79 Å². The monoisotopic (exact) mass is 410 g/mol. The minimum Gasteiger partial charge on any atom is -0.354 e. The molecule has 1 N–H and O–H groups in total. The van der Waals surface area contributed by atoms with Crippen LogP contribution in [0.15, 0.2) is 33.6 Å². The zero-order chi connectivity index (χ0) is 17.7. The van der Waals surface area contributed by atoms with Gasteiger partial charge < -0.3 is 5.32 Å². The third kappa shape index (κ3) is 5.21. The first-order chi connectivity index (χ1) is 11.4. The molecule has 0 spiro atoms. The highest BCUT2D eigenvalue weighted by Crippen LogP contribution is 2.32. The average Bonchev–Trinajstić information content (AvgIpc) is 2.74. The van der Waals surface area contributed by atoms with Crippen LogP contribution in [0.25, 0.3) is 6.08 Å². The Hall–Kier alpha value is -1.60. The second-order valence-electron chi connectivity index (χ2n) is 5.84. The van der Waals surface area contributed by atoms with Crippen LogP contribution in [-0.4, -0.2) is 35.0 Å². The number of thioether (sulfide) groups is 1. The lowest BCUT2D eigenvalue weighted by Crippen LogP contribution is -2.37. The van der Waals surface area contributed by atoms with Gasteiger partial charge in [-0.25, -0.2) is 0 Å². The fraction of sp³-hybridized carbons (Fsp3) is 0.353. The van der Waals surface area contributed by atoms with Crippen LogP contribution in [0, 0.1) is 5.92 Å². The number of nitrogens with one attached hydrogen (secondary N) is 1. The Morgan fingerprint density at radius 1 is 1.38 bits per heavy atom. The third-order valence-corrected chi connectivity index (χ3v) is 4.67. The van der Waals surface area contributed by atoms with E-state index in [0.29, 0.717) is 11.3 Å². The Morgan fingerprint density at radius 2 is 2.12 bits per heavy atom. The van der Waals surface area contributed by atoms with Crippen molar-refractivity contribution in [3.05, 3.63) is 39.2 Å². The largest absolute Gasteiger partial charge is 0.354 e. The van der Waals surface area contributed by atoms with Gasteiger partial charge in [0, 0.05) is 24.0 Å². The van der Waals surface area contributed by atoms with E-state index in [0.717, 1.165) is 21.8 Å². The highest BCUT2D eigenvalue weighted by atomic mass is 79.9. The van der Waals surface area contributed by atoms with Gasteiger partial charge in [0.2, 0.25) is 5.91 Å². The molecule has 0 radical (unpaired) electrons. The van der Waals surface area contributed by atoms with Gasteiger partial charge in [0.05, 0.1) is 4.91 Å². The molecule has 1 saturated heterocycles. The zero-order valence-corrected chi connectivity index (χ0v) is 15.9. The van der Waals surface area contributed by atoms with Gasteiger partial charge in [0.15, 0.2) is 0 Å². The minimum atomic E-state index is -0.317. The quantitative estimate of drug-likeness (QED) is 0.726. The van der Waals surface area contributed by atoms with Crippen LogP contribution in [0.5, 0.6) is 0 Å². The molecule has 0 aliphatic carbocycles. The molecule has 0 saturated carbocycles. The molecule has 5 nitrogen and oxygen atoms in total. The molecule has 2 rings (SSSR count). The molecule has 1 aliphatic heterocycles. The molecule has 7 heteroatoms. The number of carbonyl (C=O) groups is 3. The smallest absolute Gasteiger partial charge is 0.293 e. The zero-order valence-electron chi connectivity index (χ0n) is 13.5. The summed E-state index contributed by atoms with van der Waals surface area (Å²) in [5.41, 5.74) is 0.847. The van der Waals surface area contributed by atoms with Gasteiger partial charge in [0.25, 0.3) is 11.1 Å². The molecule has 3 amide bonds. The standard InChI is InChI=1S/C17H19BrN2O3S/c1-11(2)8-15(21)19-6-7-20-16(22)14(24-17(20)23)10-12-4-3-5-13(18)9-12/h3-5,9-11H,6-8H2,1-2H3,(H,19,21)/b14-10+. The first kappa shape index (κ1) is 18.7. The maximum atomic E-state index is 12.4. The molecular formula is C17H19BrN2O3S. The van der Waals surface area contributed by atoms with E-state index in [4.69, 9.17) is 0 Å². The normalized spacial score (nSPS) is 16.3. The van der Waals surface area contributed by atoms with Crippen LogP contribution in [-0.2, 0) is 9.59 Å². The summed E-state index contributed by atoms with van der Waals surface area (Å²) in [4.78, 5) is 37.5. The molecule has 1 aromatic rings. The Morgan fingerprint density at radius 3 is 2.79 bits per heavy atom. The van der Waals surface area contributed by atoms with Crippen molar-refractivity contribution < 1.29 is 14.4 Å². The van der Waals surface area contributed by atoms with Crippen molar-refractivity contribution in [2.75, 3.05) is 13.1 Å². The predicted octanol–water partition coefficient (Wildman–Crippen LogP) is 3.65. The topological polar surface area (TPSA) is 66.5 Å². The van der Waals surface area contributed by atoms with Crippen molar-refractivity contribution in [3.8, 4) is 0 Å². The second-order valence-corrected chi connectivity index (χ2v) is 7.75. The predicted molar refractivity (Wildman–Crippen MR) is 99.3 cm³/mol. The Labute approximate surface area is 154 Å². The number of amides is 3. The fourth-order valence-corrected chi connectivity index (χ4v) is 3.47. The van der Waals surface area contributed by atoms with E-state index < -0.39 is 0 Å². The van der Waals surface area contributed by atoms with Gasteiger partial charge in [-0.05, 0) is 41.5 Å². The van der Waals surface area contributed by atoms with Crippen LogP contribution in [0.2, 0.25) is 0 Å². The summed E-state index contributed by atoms with van der Waals surface area (Å²) in [5.74, 6) is -0.111. The van der Waals surface area contributed by atoms with Crippen LogP contribution in [0.1, 0.15) is 25.8 Å². The number of hydrogen-bond acceptors (Lipinski definition) is 4. The van der Waals surface area contributed by atoms with Gasteiger partial charge in [-0.2, -0.15) is 0 Å². The first-order valence-electron chi connectivity index (χ1n) is 7.64. The number of carbonyl (C=O) groups excluding carboxylic acids is 3. The number of halogens is 1. The Kier molecular flexibility index (Phi) is 6.62. The molecule has 24 heavy (non-hydrogen) atoms. The van der Waals surface area contributed by atoms with Crippen molar-refractivity contribution >= 4 is 50.8 Å². The molecule has 0 atom stereocenters. The van der Waals surface area contributed by atoms with Crippen LogP contribution in [0.3, 0.4) is 0 Å². The Bertz CT molecular complexity index is 688. The van der Waals surface area contributed by atoms with E-state index in [2.05, 4.69) is 21.2 Å². The van der Waals surface area contributed by atoms with Crippen LogP contribution >= 0.6 is 27.7 Å². The van der Waals surface area contributed by atoms with E-state index in [1.807, 2.05) is 38.1 Å². The van der Waals surface area contributed by atoms with E-state index in [1.165, 1.54) is 4.90 Å². The van der Waals surface area contributed by atoms with Crippen molar-refractivity contribution in [2.45, 2.75) is 20.3 Å². The lowest BCUT2D eigenvalue weighted by atomic mass is 10.1. The van der Waals surface area contributed by atoms with Gasteiger partial charge in [0.1, 0.15) is 0 Å². The number of nitrogens with zero attached hydrogens (tertiary/aromatic N) is 1. The molecule has 1 aromatic carbocycles. The maximum absolute atomic E-state index is 12.4. The number of benzene rings is 1. The highest BCUT2D eigenvalue weighted by molar-refractivity contribution is 9.10. The minimum absolute atomic E-state index is 0.0679. The molecule has 0 bridgehead atoms. The molecule has 1 heterocycles. The van der Waals surface area contributed by atoms with Gasteiger partial charge in [-0.15, -0.1) is 0 Å².